The third kappa shape index (κ3) is 4.57. The molecule has 0 amide bonds. The molecule has 1 aromatic heterocycles. The number of ether oxygens (including phenoxy) is 2. The highest BCUT2D eigenvalue weighted by atomic mass is 16.5. The summed E-state index contributed by atoms with van der Waals surface area (Å²) in [5.74, 6) is 2.28. The van der Waals surface area contributed by atoms with Gasteiger partial charge in [-0.2, -0.15) is 4.99 Å². The summed E-state index contributed by atoms with van der Waals surface area (Å²) in [6.45, 7) is 7.50. The van der Waals surface area contributed by atoms with E-state index in [1.807, 2.05) is 56.3 Å². The van der Waals surface area contributed by atoms with E-state index >= 15 is 0 Å². The Labute approximate surface area is 176 Å². The van der Waals surface area contributed by atoms with E-state index < -0.39 is 0 Å². The minimum atomic E-state index is 0.322. The van der Waals surface area contributed by atoms with Gasteiger partial charge in [0, 0.05) is 17.8 Å². The average molecular weight is 403 g/mol. The number of nitrogen functional groups attached to an aromatic ring is 1. The molecule has 0 saturated heterocycles. The number of nitrogens with one attached hydrogen (secondary N) is 1. The van der Waals surface area contributed by atoms with Crippen molar-refractivity contribution in [2.75, 3.05) is 25.3 Å². The first-order chi connectivity index (χ1) is 14.4. The first-order valence-corrected chi connectivity index (χ1v) is 9.32. The molecule has 0 fully saturated rings. The zero-order valence-corrected chi connectivity index (χ0v) is 17.6. The molecule has 154 valence electrons. The summed E-state index contributed by atoms with van der Waals surface area (Å²) in [7, 11) is 3.25. The standard InChI is InChI=1S/C23H25N5O2/c1-14-7-6-8-20(24)21(14)27-23(25-3)28-22-15(2)9-17(13-26-22)16-10-18(29-4)12-19(11-16)30-5/h6-13H,3,24H2,1-2,4-5H3,(H,26,27,28). The fraction of sp³-hybridized carbons (Fsp3) is 0.174. The maximum absolute atomic E-state index is 6.06. The van der Waals surface area contributed by atoms with Crippen LogP contribution in [-0.4, -0.2) is 31.9 Å². The van der Waals surface area contributed by atoms with Gasteiger partial charge in [-0.3, -0.25) is 0 Å². The molecule has 7 nitrogen and oxygen atoms in total. The highest BCUT2D eigenvalue weighted by Gasteiger charge is 2.10. The van der Waals surface area contributed by atoms with E-state index in [4.69, 9.17) is 15.2 Å². The number of aryl methyl sites for hydroxylation is 2. The van der Waals surface area contributed by atoms with Gasteiger partial charge >= 0.3 is 0 Å². The van der Waals surface area contributed by atoms with E-state index in [0.717, 1.165) is 27.9 Å². The Hall–Kier alpha value is -3.87. The monoisotopic (exact) mass is 403 g/mol. The summed E-state index contributed by atoms with van der Waals surface area (Å²) in [5, 5.41) is 3.14. The highest BCUT2D eigenvalue weighted by molar-refractivity contribution is 6.00. The van der Waals surface area contributed by atoms with Crippen LogP contribution in [0.2, 0.25) is 0 Å². The molecule has 0 bridgehead atoms. The summed E-state index contributed by atoms with van der Waals surface area (Å²) in [5.41, 5.74) is 11.2. The molecule has 2 aromatic carbocycles. The summed E-state index contributed by atoms with van der Waals surface area (Å²) < 4.78 is 10.7. The first-order valence-electron chi connectivity index (χ1n) is 9.32. The van der Waals surface area contributed by atoms with Gasteiger partial charge in [0.25, 0.3) is 0 Å². The normalized spacial score (nSPS) is 11.1. The van der Waals surface area contributed by atoms with Gasteiger partial charge in [0.2, 0.25) is 5.96 Å². The number of nitrogens with zero attached hydrogens (tertiary/aromatic N) is 3. The molecule has 0 aliphatic rings. The molecule has 0 saturated carbocycles. The van der Waals surface area contributed by atoms with Gasteiger partial charge in [-0.1, -0.05) is 12.1 Å². The second kappa shape index (κ2) is 9.09. The number of para-hydroxylation sites is 1. The van der Waals surface area contributed by atoms with Crippen LogP contribution in [0.25, 0.3) is 11.1 Å². The first kappa shape index (κ1) is 20.9. The number of pyridine rings is 1. The summed E-state index contributed by atoms with van der Waals surface area (Å²) >= 11 is 0. The van der Waals surface area contributed by atoms with Crippen LogP contribution in [-0.2, 0) is 0 Å². The molecule has 0 spiro atoms. The number of hydrogen-bond donors (Lipinski definition) is 2. The van der Waals surface area contributed by atoms with Gasteiger partial charge < -0.3 is 20.5 Å². The van der Waals surface area contributed by atoms with Crippen molar-refractivity contribution in [1.29, 1.82) is 0 Å². The zero-order chi connectivity index (χ0) is 21.7. The number of benzene rings is 2. The van der Waals surface area contributed by atoms with E-state index in [0.29, 0.717) is 29.0 Å². The fourth-order valence-electron chi connectivity index (χ4n) is 2.99. The van der Waals surface area contributed by atoms with Crippen LogP contribution in [0.4, 0.5) is 17.2 Å². The van der Waals surface area contributed by atoms with Crippen LogP contribution in [0, 0.1) is 13.8 Å². The van der Waals surface area contributed by atoms with Crippen molar-refractivity contribution >= 4 is 29.9 Å². The van der Waals surface area contributed by atoms with Crippen LogP contribution >= 0.6 is 0 Å². The van der Waals surface area contributed by atoms with E-state index in [9.17, 15) is 0 Å². The molecule has 3 aromatic rings. The molecule has 3 N–H and O–H groups in total. The molecule has 0 atom stereocenters. The molecule has 0 unspecified atom stereocenters. The molecule has 1 heterocycles. The SMILES string of the molecule is C=NC(=Nc1ncc(-c2cc(OC)cc(OC)c2)cc1C)Nc1c(C)cccc1N. The Morgan fingerprint density at radius 2 is 1.70 bits per heavy atom. The zero-order valence-electron chi connectivity index (χ0n) is 17.6. The van der Waals surface area contributed by atoms with E-state index in [2.05, 4.69) is 27.0 Å². The summed E-state index contributed by atoms with van der Waals surface area (Å²) in [6, 6.07) is 13.4. The van der Waals surface area contributed by atoms with E-state index in [1.165, 1.54) is 0 Å². The Bertz CT molecular complexity index is 1070. The van der Waals surface area contributed by atoms with E-state index in [1.54, 1.807) is 20.4 Å². The fourth-order valence-corrected chi connectivity index (χ4v) is 2.99. The van der Waals surface area contributed by atoms with Crippen molar-refractivity contribution in [3.8, 4) is 22.6 Å². The second-order valence-corrected chi connectivity index (χ2v) is 6.72. The van der Waals surface area contributed by atoms with Gasteiger partial charge in [0.15, 0.2) is 5.82 Å². The molecular formula is C23H25N5O2. The average Bonchev–Trinajstić information content (AvgIpc) is 2.76. The van der Waals surface area contributed by atoms with Crippen molar-refractivity contribution in [1.82, 2.24) is 4.98 Å². The van der Waals surface area contributed by atoms with Crippen LogP contribution in [0.15, 0.2) is 58.6 Å². The van der Waals surface area contributed by atoms with Crippen molar-refractivity contribution in [3.05, 3.63) is 59.8 Å². The number of anilines is 2. The summed E-state index contributed by atoms with van der Waals surface area (Å²) in [4.78, 5) is 13.0. The molecule has 0 radical (unpaired) electrons. The quantitative estimate of drug-likeness (QED) is 0.364. The lowest BCUT2D eigenvalue weighted by Crippen LogP contribution is -2.11. The van der Waals surface area contributed by atoms with Gasteiger partial charge in [-0.15, -0.1) is 0 Å². The topological polar surface area (TPSA) is 94.1 Å². The highest BCUT2D eigenvalue weighted by Crippen LogP contribution is 2.31. The Kier molecular flexibility index (Phi) is 6.32. The number of aromatic nitrogens is 1. The number of rotatable bonds is 5. The number of nitrogens with two attached hydrogens (primary N) is 1. The van der Waals surface area contributed by atoms with Crippen molar-refractivity contribution in [2.45, 2.75) is 13.8 Å². The number of hydrogen-bond acceptors (Lipinski definition) is 5. The number of aliphatic imine (C=N–C) groups is 2. The molecular weight excluding hydrogens is 378 g/mol. The third-order valence-electron chi connectivity index (χ3n) is 4.64. The van der Waals surface area contributed by atoms with Crippen LogP contribution in [0.1, 0.15) is 11.1 Å². The van der Waals surface area contributed by atoms with E-state index in [-0.39, 0.29) is 0 Å². The smallest absolute Gasteiger partial charge is 0.228 e. The third-order valence-corrected chi connectivity index (χ3v) is 4.64. The lowest BCUT2D eigenvalue weighted by Gasteiger charge is -2.12. The number of methoxy groups -OCH3 is 2. The molecule has 0 aliphatic carbocycles. The minimum absolute atomic E-state index is 0.322. The van der Waals surface area contributed by atoms with Gasteiger partial charge in [0.05, 0.1) is 25.6 Å². The van der Waals surface area contributed by atoms with Crippen molar-refractivity contribution < 1.29 is 9.47 Å². The van der Waals surface area contributed by atoms with Crippen LogP contribution in [0.3, 0.4) is 0 Å². The van der Waals surface area contributed by atoms with Gasteiger partial charge in [-0.05, 0) is 61.5 Å². The van der Waals surface area contributed by atoms with Crippen molar-refractivity contribution in [2.24, 2.45) is 9.98 Å². The van der Waals surface area contributed by atoms with Gasteiger partial charge in [0.1, 0.15) is 11.5 Å². The Balaban J connectivity index is 1.94. The minimum Gasteiger partial charge on any atom is -0.497 e. The predicted molar refractivity (Wildman–Crippen MR) is 123 cm³/mol. The molecule has 3 rings (SSSR count). The predicted octanol–water partition coefficient (Wildman–Crippen LogP) is 4.77. The molecule has 30 heavy (non-hydrogen) atoms. The van der Waals surface area contributed by atoms with Crippen LogP contribution < -0.4 is 20.5 Å². The van der Waals surface area contributed by atoms with Gasteiger partial charge in [-0.25, -0.2) is 9.98 Å². The van der Waals surface area contributed by atoms with Crippen LogP contribution in [0.5, 0.6) is 11.5 Å². The molecule has 7 heteroatoms. The Morgan fingerprint density at radius 3 is 2.27 bits per heavy atom. The Morgan fingerprint density at radius 1 is 1.00 bits per heavy atom. The lowest BCUT2D eigenvalue weighted by atomic mass is 10.1. The van der Waals surface area contributed by atoms with Crippen molar-refractivity contribution in [3.63, 3.8) is 0 Å². The second-order valence-electron chi connectivity index (χ2n) is 6.72. The maximum atomic E-state index is 6.06. The summed E-state index contributed by atoms with van der Waals surface area (Å²) in [6.07, 6.45) is 1.75. The number of guanidine groups is 1. The maximum Gasteiger partial charge on any atom is 0.228 e. The molecule has 0 aliphatic heterocycles. The largest absolute Gasteiger partial charge is 0.497 e. The lowest BCUT2D eigenvalue weighted by molar-refractivity contribution is 0.394.